The van der Waals surface area contributed by atoms with Gasteiger partial charge in [0.05, 0.1) is 26.2 Å². The quantitative estimate of drug-likeness (QED) is 0.656. The highest BCUT2D eigenvalue weighted by Gasteiger charge is 2.22. The van der Waals surface area contributed by atoms with Crippen molar-refractivity contribution in [1.29, 1.82) is 0 Å². The highest BCUT2D eigenvalue weighted by molar-refractivity contribution is 7.98. The number of hydrogen-bond acceptors (Lipinski definition) is 3. The van der Waals surface area contributed by atoms with E-state index >= 15 is 0 Å². The third kappa shape index (κ3) is 6.21. The molecular weight excluding hydrogens is 380 g/mol. The Morgan fingerprint density at radius 3 is 2.50 bits per heavy atom. The molecule has 150 valence electrons. The average Bonchev–Trinajstić information content (AvgIpc) is 2.70. The predicted molar refractivity (Wildman–Crippen MR) is 110 cm³/mol. The summed E-state index contributed by atoms with van der Waals surface area (Å²) in [4.78, 5) is 15.6. The van der Waals surface area contributed by atoms with Gasteiger partial charge >= 0.3 is 0 Å². The van der Waals surface area contributed by atoms with E-state index in [2.05, 4.69) is 10.2 Å². The number of thioether (sulfide) groups is 1. The normalized spacial score (nSPS) is 14.9. The van der Waals surface area contributed by atoms with Crippen LogP contribution < -0.4 is 15.1 Å². The number of benzene rings is 2. The van der Waals surface area contributed by atoms with Crippen LogP contribution in [0, 0.1) is 11.6 Å². The lowest BCUT2D eigenvalue weighted by Crippen LogP contribution is -3.16. The van der Waals surface area contributed by atoms with Crippen molar-refractivity contribution in [2.75, 3.05) is 49.9 Å². The van der Waals surface area contributed by atoms with Crippen molar-refractivity contribution in [3.05, 3.63) is 65.7 Å². The Hall–Kier alpha value is -2.12. The summed E-state index contributed by atoms with van der Waals surface area (Å²) in [6, 6.07) is 13.3. The van der Waals surface area contributed by atoms with E-state index in [0.29, 0.717) is 24.4 Å². The van der Waals surface area contributed by atoms with E-state index in [9.17, 15) is 13.6 Å². The topological polar surface area (TPSA) is 36.8 Å². The Morgan fingerprint density at radius 1 is 1.07 bits per heavy atom. The van der Waals surface area contributed by atoms with Gasteiger partial charge in [-0.15, -0.1) is 0 Å². The fourth-order valence-electron chi connectivity index (χ4n) is 3.26. The van der Waals surface area contributed by atoms with E-state index in [1.807, 2.05) is 6.07 Å². The average molecular weight is 407 g/mol. The molecule has 0 atom stereocenters. The summed E-state index contributed by atoms with van der Waals surface area (Å²) in [5, 5.41) is 2.95. The summed E-state index contributed by atoms with van der Waals surface area (Å²) in [6.45, 7) is 4.53. The molecule has 28 heavy (non-hydrogen) atoms. The fourth-order valence-corrected chi connectivity index (χ4v) is 4.10. The van der Waals surface area contributed by atoms with E-state index in [1.165, 1.54) is 23.1 Å². The van der Waals surface area contributed by atoms with Gasteiger partial charge in [-0.05, 0) is 35.9 Å². The standard InChI is InChI=1S/C21H25F2N3OS/c22-18-5-7-19(8-6-18)26-12-10-25(11-13-26)15-21(27)24-9-14-28-16-17-3-1-2-4-20(17)23/h1-8H,9-16H2,(H,24,27)/p+1. The van der Waals surface area contributed by atoms with E-state index in [-0.39, 0.29) is 17.5 Å². The molecule has 4 nitrogen and oxygen atoms in total. The number of carbonyl (C=O) groups excluding carboxylic acids is 1. The van der Waals surface area contributed by atoms with Crippen LogP contribution >= 0.6 is 11.8 Å². The van der Waals surface area contributed by atoms with Crippen molar-refractivity contribution < 1.29 is 18.5 Å². The molecule has 0 aromatic heterocycles. The van der Waals surface area contributed by atoms with Crippen LogP contribution in [-0.4, -0.2) is 50.9 Å². The second-order valence-corrected chi connectivity index (χ2v) is 7.99. The summed E-state index contributed by atoms with van der Waals surface area (Å²) < 4.78 is 26.6. The number of carbonyl (C=O) groups is 1. The molecule has 1 heterocycles. The highest BCUT2D eigenvalue weighted by atomic mass is 32.2. The lowest BCUT2D eigenvalue weighted by Gasteiger charge is -2.33. The molecule has 2 aromatic rings. The molecule has 0 radical (unpaired) electrons. The second kappa shape index (κ2) is 10.4. The van der Waals surface area contributed by atoms with Gasteiger partial charge in [-0.3, -0.25) is 4.79 Å². The van der Waals surface area contributed by atoms with Crippen molar-refractivity contribution in [2.45, 2.75) is 5.75 Å². The summed E-state index contributed by atoms with van der Waals surface area (Å²) >= 11 is 1.61. The first-order chi connectivity index (χ1) is 13.6. The number of piperazine rings is 1. The number of hydrogen-bond donors (Lipinski definition) is 2. The molecule has 7 heteroatoms. The second-order valence-electron chi connectivity index (χ2n) is 6.88. The Kier molecular flexibility index (Phi) is 7.68. The molecule has 1 saturated heterocycles. The van der Waals surface area contributed by atoms with E-state index < -0.39 is 0 Å². The van der Waals surface area contributed by atoms with Gasteiger partial charge in [-0.25, -0.2) is 8.78 Å². The number of anilines is 1. The minimum absolute atomic E-state index is 0.0525. The van der Waals surface area contributed by atoms with E-state index in [4.69, 9.17) is 0 Å². The van der Waals surface area contributed by atoms with Gasteiger partial charge in [-0.2, -0.15) is 11.8 Å². The van der Waals surface area contributed by atoms with Crippen LogP contribution in [0.15, 0.2) is 48.5 Å². The Labute approximate surface area is 168 Å². The van der Waals surface area contributed by atoms with Crippen LogP contribution in [0.2, 0.25) is 0 Å². The Morgan fingerprint density at radius 2 is 1.79 bits per heavy atom. The largest absolute Gasteiger partial charge is 0.360 e. The van der Waals surface area contributed by atoms with Crippen LogP contribution in [-0.2, 0) is 10.5 Å². The van der Waals surface area contributed by atoms with Crippen molar-refractivity contribution in [1.82, 2.24) is 5.32 Å². The molecule has 0 aliphatic carbocycles. The number of quaternary nitrogens is 1. The predicted octanol–water partition coefficient (Wildman–Crippen LogP) is 1.72. The number of halogens is 2. The van der Waals surface area contributed by atoms with Gasteiger partial charge in [0.2, 0.25) is 0 Å². The third-order valence-corrected chi connectivity index (χ3v) is 5.86. The van der Waals surface area contributed by atoms with Crippen molar-refractivity contribution >= 4 is 23.4 Å². The van der Waals surface area contributed by atoms with Crippen LogP contribution in [0.25, 0.3) is 0 Å². The summed E-state index contributed by atoms with van der Waals surface area (Å²) in [6.07, 6.45) is 0. The minimum Gasteiger partial charge on any atom is -0.360 e. The monoisotopic (exact) mass is 406 g/mol. The first-order valence-electron chi connectivity index (χ1n) is 9.54. The first kappa shape index (κ1) is 20.6. The molecule has 2 aromatic carbocycles. The van der Waals surface area contributed by atoms with Gasteiger partial charge in [0.1, 0.15) is 11.6 Å². The van der Waals surface area contributed by atoms with Crippen molar-refractivity contribution in [3.63, 3.8) is 0 Å². The van der Waals surface area contributed by atoms with Gasteiger partial charge in [-0.1, -0.05) is 18.2 Å². The van der Waals surface area contributed by atoms with Crippen LogP contribution in [0.3, 0.4) is 0 Å². The van der Waals surface area contributed by atoms with Crippen molar-refractivity contribution in [2.24, 2.45) is 0 Å². The summed E-state index contributed by atoms with van der Waals surface area (Å²) in [5.74, 6) is 1.02. The maximum atomic E-state index is 13.5. The van der Waals surface area contributed by atoms with Gasteiger partial charge in [0, 0.05) is 23.7 Å². The molecule has 0 spiro atoms. The smallest absolute Gasteiger partial charge is 0.275 e. The number of nitrogens with one attached hydrogen (secondary N) is 2. The van der Waals surface area contributed by atoms with E-state index in [0.717, 1.165) is 37.6 Å². The van der Waals surface area contributed by atoms with Crippen LogP contribution in [0.1, 0.15) is 5.56 Å². The maximum Gasteiger partial charge on any atom is 0.275 e. The molecule has 3 rings (SSSR count). The number of amides is 1. The Bertz CT molecular complexity index is 765. The minimum atomic E-state index is -0.225. The zero-order chi connectivity index (χ0) is 19.8. The van der Waals surface area contributed by atoms with Gasteiger partial charge < -0.3 is 15.1 Å². The molecule has 0 saturated carbocycles. The molecule has 1 aliphatic rings. The number of nitrogens with zero attached hydrogens (tertiary/aromatic N) is 1. The third-order valence-electron chi connectivity index (χ3n) is 4.86. The number of rotatable bonds is 8. The molecule has 0 unspecified atom stereocenters. The van der Waals surface area contributed by atoms with Gasteiger partial charge in [0.25, 0.3) is 5.91 Å². The van der Waals surface area contributed by atoms with Crippen LogP contribution in [0.5, 0.6) is 0 Å². The first-order valence-corrected chi connectivity index (χ1v) is 10.7. The summed E-state index contributed by atoms with van der Waals surface area (Å²) in [5.41, 5.74) is 1.72. The molecule has 1 amide bonds. The SMILES string of the molecule is O=C(C[NH+]1CCN(c2ccc(F)cc2)CC1)NCCSCc1ccccc1F. The maximum absolute atomic E-state index is 13.5. The highest BCUT2D eigenvalue weighted by Crippen LogP contribution is 2.15. The van der Waals surface area contributed by atoms with Gasteiger partial charge in [0.15, 0.2) is 6.54 Å². The molecule has 2 N–H and O–H groups in total. The molecule has 1 fully saturated rings. The summed E-state index contributed by atoms with van der Waals surface area (Å²) in [7, 11) is 0. The Balaban J connectivity index is 1.29. The van der Waals surface area contributed by atoms with Crippen LogP contribution in [0.4, 0.5) is 14.5 Å². The fraction of sp³-hybridized carbons (Fsp3) is 0.381. The lowest BCUT2D eigenvalue weighted by molar-refractivity contribution is -0.892. The zero-order valence-electron chi connectivity index (χ0n) is 15.8. The molecule has 0 bridgehead atoms. The molecular formula is C21H26F2N3OS+. The van der Waals surface area contributed by atoms with Crippen molar-refractivity contribution in [3.8, 4) is 0 Å². The lowest BCUT2D eigenvalue weighted by atomic mass is 10.2. The van der Waals surface area contributed by atoms with E-state index in [1.54, 1.807) is 36.0 Å². The molecule has 1 aliphatic heterocycles. The zero-order valence-corrected chi connectivity index (χ0v) is 16.6.